The molecule has 1 saturated carbocycles. The Kier molecular flexibility index (Phi) is 4.31. The molecule has 0 bridgehead atoms. The molecule has 1 aromatic carbocycles. The standard InChI is InChI=1S/C14H19FN2O/c15-13-6-11(8-16)4-5-12(13)9-17-14(18)7-10-2-1-3-10/h4-6,10H,1-3,7-9,16H2,(H,17,18). The van der Waals surface area contributed by atoms with Gasteiger partial charge in [0.25, 0.3) is 0 Å². The van der Waals surface area contributed by atoms with Gasteiger partial charge in [-0.3, -0.25) is 4.79 Å². The molecule has 0 atom stereocenters. The zero-order valence-electron chi connectivity index (χ0n) is 10.4. The molecule has 0 radical (unpaired) electrons. The molecule has 0 saturated heterocycles. The molecule has 1 aromatic rings. The quantitative estimate of drug-likeness (QED) is 0.840. The minimum atomic E-state index is -0.304. The lowest BCUT2D eigenvalue weighted by molar-refractivity contribution is -0.122. The zero-order valence-corrected chi connectivity index (χ0v) is 10.4. The first-order chi connectivity index (χ1) is 8.69. The molecule has 1 aliphatic carbocycles. The molecule has 18 heavy (non-hydrogen) atoms. The van der Waals surface area contributed by atoms with E-state index in [1.807, 2.05) is 0 Å². The van der Waals surface area contributed by atoms with Gasteiger partial charge in [-0.15, -0.1) is 0 Å². The molecule has 0 unspecified atom stereocenters. The Morgan fingerprint density at radius 3 is 2.78 bits per heavy atom. The molecule has 1 fully saturated rings. The second kappa shape index (κ2) is 5.96. The Balaban J connectivity index is 1.83. The highest BCUT2D eigenvalue weighted by molar-refractivity contribution is 5.76. The van der Waals surface area contributed by atoms with Crippen molar-refractivity contribution in [2.24, 2.45) is 11.7 Å². The highest BCUT2D eigenvalue weighted by Gasteiger charge is 2.20. The molecule has 1 amide bonds. The van der Waals surface area contributed by atoms with Crippen molar-refractivity contribution in [3.63, 3.8) is 0 Å². The first-order valence-electron chi connectivity index (χ1n) is 6.43. The molecule has 3 nitrogen and oxygen atoms in total. The van der Waals surface area contributed by atoms with Crippen molar-refractivity contribution in [2.45, 2.75) is 38.8 Å². The Morgan fingerprint density at radius 1 is 1.44 bits per heavy atom. The maximum Gasteiger partial charge on any atom is 0.220 e. The third kappa shape index (κ3) is 3.29. The van der Waals surface area contributed by atoms with Crippen molar-refractivity contribution in [1.29, 1.82) is 0 Å². The van der Waals surface area contributed by atoms with Crippen molar-refractivity contribution in [3.05, 3.63) is 35.1 Å². The third-order valence-electron chi connectivity index (χ3n) is 3.53. The molecular weight excluding hydrogens is 231 g/mol. The fourth-order valence-electron chi connectivity index (χ4n) is 2.09. The first-order valence-corrected chi connectivity index (χ1v) is 6.43. The fourth-order valence-corrected chi connectivity index (χ4v) is 2.09. The SMILES string of the molecule is NCc1ccc(CNC(=O)CC2CCC2)c(F)c1. The smallest absolute Gasteiger partial charge is 0.220 e. The number of benzene rings is 1. The van der Waals surface area contributed by atoms with Gasteiger partial charge in [-0.2, -0.15) is 0 Å². The Labute approximate surface area is 107 Å². The molecule has 2 rings (SSSR count). The van der Waals surface area contributed by atoms with E-state index < -0.39 is 0 Å². The van der Waals surface area contributed by atoms with E-state index in [1.165, 1.54) is 12.5 Å². The van der Waals surface area contributed by atoms with Crippen LogP contribution in [0.2, 0.25) is 0 Å². The summed E-state index contributed by atoms with van der Waals surface area (Å²) in [6.07, 6.45) is 4.09. The summed E-state index contributed by atoms with van der Waals surface area (Å²) in [6, 6.07) is 4.89. The molecule has 3 N–H and O–H groups in total. The Hall–Kier alpha value is -1.42. The molecule has 0 heterocycles. The second-order valence-electron chi connectivity index (χ2n) is 4.91. The van der Waals surface area contributed by atoms with Crippen LogP contribution in [0.25, 0.3) is 0 Å². The molecule has 4 heteroatoms. The number of carbonyl (C=O) groups is 1. The molecule has 1 aliphatic rings. The van der Waals surface area contributed by atoms with Crippen LogP contribution in [0.1, 0.15) is 36.8 Å². The zero-order chi connectivity index (χ0) is 13.0. The van der Waals surface area contributed by atoms with Crippen LogP contribution in [0.3, 0.4) is 0 Å². The van der Waals surface area contributed by atoms with Gasteiger partial charge in [-0.25, -0.2) is 4.39 Å². The van der Waals surface area contributed by atoms with Crippen molar-refractivity contribution in [3.8, 4) is 0 Å². The second-order valence-corrected chi connectivity index (χ2v) is 4.91. The van der Waals surface area contributed by atoms with E-state index in [9.17, 15) is 9.18 Å². The van der Waals surface area contributed by atoms with Gasteiger partial charge in [0.1, 0.15) is 5.82 Å². The lowest BCUT2D eigenvalue weighted by Crippen LogP contribution is -2.27. The summed E-state index contributed by atoms with van der Waals surface area (Å²) in [6.45, 7) is 0.577. The Morgan fingerprint density at radius 2 is 2.22 bits per heavy atom. The monoisotopic (exact) mass is 250 g/mol. The molecule has 98 valence electrons. The van der Waals surface area contributed by atoms with E-state index in [1.54, 1.807) is 12.1 Å². The van der Waals surface area contributed by atoms with E-state index in [2.05, 4.69) is 5.32 Å². The lowest BCUT2D eigenvalue weighted by Gasteiger charge is -2.24. The number of amides is 1. The summed E-state index contributed by atoms with van der Waals surface area (Å²) < 4.78 is 13.6. The molecular formula is C14H19FN2O. The first kappa shape index (κ1) is 13.0. The number of carbonyl (C=O) groups excluding carboxylic acids is 1. The summed E-state index contributed by atoms with van der Waals surface area (Å²) >= 11 is 0. The van der Waals surface area contributed by atoms with E-state index in [0.29, 0.717) is 24.4 Å². The van der Waals surface area contributed by atoms with Crippen LogP contribution in [0.4, 0.5) is 4.39 Å². The summed E-state index contributed by atoms with van der Waals surface area (Å²) in [4.78, 5) is 11.6. The molecule has 0 aliphatic heterocycles. The van der Waals surface area contributed by atoms with Gasteiger partial charge in [-0.05, 0) is 30.4 Å². The van der Waals surface area contributed by atoms with E-state index in [4.69, 9.17) is 5.73 Å². The van der Waals surface area contributed by atoms with Gasteiger partial charge in [0.05, 0.1) is 0 Å². The van der Waals surface area contributed by atoms with E-state index >= 15 is 0 Å². The summed E-state index contributed by atoms with van der Waals surface area (Å²) in [7, 11) is 0. The minimum absolute atomic E-state index is 0.0157. The molecule has 0 spiro atoms. The number of hydrogen-bond acceptors (Lipinski definition) is 2. The average Bonchev–Trinajstić information content (AvgIpc) is 2.32. The lowest BCUT2D eigenvalue weighted by atomic mass is 9.83. The maximum absolute atomic E-state index is 13.6. The number of hydrogen-bond donors (Lipinski definition) is 2. The van der Waals surface area contributed by atoms with Crippen LogP contribution in [-0.2, 0) is 17.9 Å². The van der Waals surface area contributed by atoms with Crippen LogP contribution in [0.15, 0.2) is 18.2 Å². The largest absolute Gasteiger partial charge is 0.352 e. The van der Waals surface area contributed by atoms with Crippen LogP contribution in [-0.4, -0.2) is 5.91 Å². The topological polar surface area (TPSA) is 55.1 Å². The van der Waals surface area contributed by atoms with E-state index in [-0.39, 0.29) is 18.3 Å². The fraction of sp³-hybridized carbons (Fsp3) is 0.500. The normalized spacial score (nSPS) is 15.2. The van der Waals surface area contributed by atoms with Crippen molar-refractivity contribution < 1.29 is 9.18 Å². The van der Waals surface area contributed by atoms with Gasteiger partial charge < -0.3 is 11.1 Å². The van der Waals surface area contributed by atoms with Crippen molar-refractivity contribution in [1.82, 2.24) is 5.32 Å². The minimum Gasteiger partial charge on any atom is -0.352 e. The number of halogens is 1. The summed E-state index contributed by atoms with van der Waals surface area (Å²) in [5, 5.41) is 2.77. The van der Waals surface area contributed by atoms with Gasteiger partial charge in [-0.1, -0.05) is 18.6 Å². The van der Waals surface area contributed by atoms with Crippen LogP contribution < -0.4 is 11.1 Å². The predicted molar refractivity (Wildman–Crippen MR) is 68.1 cm³/mol. The van der Waals surface area contributed by atoms with E-state index in [0.717, 1.165) is 18.4 Å². The molecule has 0 aromatic heterocycles. The van der Waals surface area contributed by atoms with Crippen LogP contribution in [0, 0.1) is 11.7 Å². The van der Waals surface area contributed by atoms with Crippen molar-refractivity contribution in [2.75, 3.05) is 0 Å². The van der Waals surface area contributed by atoms with Crippen molar-refractivity contribution >= 4 is 5.91 Å². The summed E-state index contributed by atoms with van der Waals surface area (Å²) in [5.41, 5.74) is 6.70. The van der Waals surface area contributed by atoms with Gasteiger partial charge in [0.2, 0.25) is 5.91 Å². The third-order valence-corrected chi connectivity index (χ3v) is 3.53. The highest BCUT2D eigenvalue weighted by atomic mass is 19.1. The maximum atomic E-state index is 13.6. The average molecular weight is 250 g/mol. The van der Waals surface area contributed by atoms with Crippen LogP contribution in [0.5, 0.6) is 0 Å². The number of nitrogens with two attached hydrogens (primary N) is 1. The van der Waals surface area contributed by atoms with Gasteiger partial charge >= 0.3 is 0 Å². The van der Waals surface area contributed by atoms with Gasteiger partial charge in [0, 0.05) is 25.1 Å². The number of rotatable bonds is 5. The predicted octanol–water partition coefficient (Wildman–Crippen LogP) is 2.09. The number of nitrogens with one attached hydrogen (secondary N) is 1. The van der Waals surface area contributed by atoms with Crippen LogP contribution >= 0.6 is 0 Å². The highest BCUT2D eigenvalue weighted by Crippen LogP contribution is 2.29. The Bertz CT molecular complexity index is 430. The summed E-state index contributed by atoms with van der Waals surface area (Å²) in [5.74, 6) is 0.248. The van der Waals surface area contributed by atoms with Gasteiger partial charge in [0.15, 0.2) is 0 Å².